The third-order valence-electron chi connectivity index (χ3n) is 10.6. The van der Waals surface area contributed by atoms with Crippen LogP contribution >= 0.6 is 0 Å². The number of pyridine rings is 1. The van der Waals surface area contributed by atoms with Crippen LogP contribution in [-0.2, 0) is 0 Å². The average Bonchev–Trinajstić information content (AvgIpc) is 3.26. The Labute approximate surface area is 314 Å². The van der Waals surface area contributed by atoms with Crippen molar-refractivity contribution in [2.45, 2.75) is 6.04 Å². The zero-order valence-corrected chi connectivity index (χ0v) is 29.5. The fourth-order valence-corrected chi connectivity index (χ4v) is 7.80. The minimum atomic E-state index is -0.172. The van der Waals surface area contributed by atoms with Crippen molar-refractivity contribution in [3.8, 4) is 33.4 Å². The highest BCUT2D eigenvalue weighted by atomic mass is 15.0. The number of fused-ring (bicyclic) bond motifs is 4. The lowest BCUT2D eigenvalue weighted by molar-refractivity contribution is 0.880. The van der Waals surface area contributed by atoms with Crippen molar-refractivity contribution < 1.29 is 0 Å². The van der Waals surface area contributed by atoms with Crippen molar-refractivity contribution in [3.63, 3.8) is 0 Å². The van der Waals surface area contributed by atoms with Gasteiger partial charge in [-0.15, -0.1) is 0 Å². The van der Waals surface area contributed by atoms with Crippen LogP contribution in [0.15, 0.2) is 205 Å². The van der Waals surface area contributed by atoms with Gasteiger partial charge >= 0.3 is 0 Å². The van der Waals surface area contributed by atoms with Crippen LogP contribution in [0.25, 0.3) is 71.4 Å². The number of hydrogen-bond acceptors (Lipinski definition) is 3. The normalized spacial score (nSPS) is 14.1. The lowest BCUT2D eigenvalue weighted by atomic mass is 9.92. The van der Waals surface area contributed by atoms with Gasteiger partial charge < -0.3 is 5.32 Å². The van der Waals surface area contributed by atoms with E-state index in [9.17, 15) is 0 Å². The molecule has 54 heavy (non-hydrogen) atoms. The first kappa shape index (κ1) is 31.6. The molecule has 0 spiro atoms. The summed E-state index contributed by atoms with van der Waals surface area (Å²) in [6.07, 6.45) is 6.13. The second-order valence-electron chi connectivity index (χ2n) is 13.9. The van der Waals surface area contributed by atoms with E-state index in [-0.39, 0.29) is 6.04 Å². The number of amidine groups is 1. The molecule has 2 heterocycles. The Morgan fingerprint density at radius 2 is 0.944 bits per heavy atom. The molecule has 0 aliphatic carbocycles. The highest BCUT2D eigenvalue weighted by molar-refractivity contribution is 6.13. The van der Waals surface area contributed by atoms with Crippen molar-refractivity contribution in [1.29, 1.82) is 0 Å². The van der Waals surface area contributed by atoms with Crippen LogP contribution in [0.4, 0.5) is 0 Å². The van der Waals surface area contributed by atoms with Gasteiger partial charge in [0.25, 0.3) is 0 Å². The van der Waals surface area contributed by atoms with E-state index < -0.39 is 0 Å². The molecule has 254 valence electrons. The van der Waals surface area contributed by atoms with Crippen molar-refractivity contribution in [2.24, 2.45) is 4.99 Å². The predicted octanol–water partition coefficient (Wildman–Crippen LogP) is 12.7. The van der Waals surface area contributed by atoms with Crippen LogP contribution in [0.2, 0.25) is 0 Å². The van der Waals surface area contributed by atoms with Gasteiger partial charge in [-0.1, -0.05) is 176 Å². The molecular weight excluding hydrogens is 655 g/mol. The summed E-state index contributed by atoms with van der Waals surface area (Å²) in [5.74, 6) is 0.851. The summed E-state index contributed by atoms with van der Waals surface area (Å²) >= 11 is 0. The van der Waals surface area contributed by atoms with Gasteiger partial charge in [-0.25, -0.2) is 0 Å². The van der Waals surface area contributed by atoms with E-state index in [1.807, 2.05) is 12.4 Å². The minimum absolute atomic E-state index is 0.172. The quantitative estimate of drug-likeness (QED) is 0.176. The zero-order chi connectivity index (χ0) is 35.8. The molecule has 1 aliphatic rings. The SMILES string of the molecule is C1=C(c2ccc(-c3cncc4ccccc34)cc2)NC(c2ccc(-c3ccccc3)cc2)=NC1c1ccc(-c2cc3ccccc3c3ccccc23)cc1. The predicted molar refractivity (Wildman–Crippen MR) is 226 cm³/mol. The maximum absolute atomic E-state index is 5.31. The summed E-state index contributed by atoms with van der Waals surface area (Å²) in [4.78, 5) is 9.84. The molecule has 0 saturated carbocycles. The van der Waals surface area contributed by atoms with Gasteiger partial charge in [0.05, 0.1) is 6.04 Å². The molecule has 9 aromatic rings. The van der Waals surface area contributed by atoms with E-state index in [4.69, 9.17) is 4.99 Å². The first-order valence-corrected chi connectivity index (χ1v) is 18.4. The maximum Gasteiger partial charge on any atom is 0.133 e. The molecule has 0 radical (unpaired) electrons. The number of aliphatic imine (C=N–C) groups is 1. The second-order valence-corrected chi connectivity index (χ2v) is 13.9. The summed E-state index contributed by atoms with van der Waals surface area (Å²) in [5, 5.41) is 11.1. The number of nitrogens with zero attached hydrogens (tertiary/aromatic N) is 2. The Morgan fingerprint density at radius 3 is 1.72 bits per heavy atom. The van der Waals surface area contributed by atoms with Gasteiger partial charge in [0.15, 0.2) is 0 Å². The molecule has 1 atom stereocenters. The van der Waals surface area contributed by atoms with Crippen LogP contribution in [0, 0.1) is 0 Å². The summed E-state index contributed by atoms with van der Waals surface area (Å²) in [6, 6.07) is 64.9. The molecule has 0 amide bonds. The van der Waals surface area contributed by atoms with Crippen LogP contribution in [0.5, 0.6) is 0 Å². The number of aromatic nitrogens is 1. The lowest BCUT2D eigenvalue weighted by Crippen LogP contribution is -2.27. The van der Waals surface area contributed by atoms with Gasteiger partial charge in [-0.3, -0.25) is 9.98 Å². The Bertz CT molecular complexity index is 2860. The van der Waals surface area contributed by atoms with Crippen molar-refractivity contribution in [2.75, 3.05) is 0 Å². The van der Waals surface area contributed by atoms with Crippen LogP contribution in [0.3, 0.4) is 0 Å². The van der Waals surface area contributed by atoms with Crippen molar-refractivity contribution in [3.05, 3.63) is 217 Å². The topological polar surface area (TPSA) is 37.3 Å². The summed E-state index contributed by atoms with van der Waals surface area (Å²) in [6.45, 7) is 0. The molecule has 0 saturated heterocycles. The molecule has 0 bridgehead atoms. The summed E-state index contributed by atoms with van der Waals surface area (Å²) in [7, 11) is 0. The maximum atomic E-state index is 5.31. The highest BCUT2D eigenvalue weighted by Gasteiger charge is 2.20. The fourth-order valence-electron chi connectivity index (χ4n) is 7.80. The molecule has 0 fully saturated rings. The number of rotatable bonds is 6. The summed E-state index contributed by atoms with van der Waals surface area (Å²) < 4.78 is 0. The number of nitrogens with one attached hydrogen (secondary N) is 1. The molecule has 1 aliphatic heterocycles. The van der Waals surface area contributed by atoms with Gasteiger partial charge in [-0.05, 0) is 78.0 Å². The molecule has 1 unspecified atom stereocenters. The molecule has 1 N–H and O–H groups in total. The fraction of sp³-hybridized carbons (Fsp3) is 0.0196. The smallest absolute Gasteiger partial charge is 0.133 e. The van der Waals surface area contributed by atoms with Crippen molar-refractivity contribution in [1.82, 2.24) is 10.3 Å². The van der Waals surface area contributed by atoms with Gasteiger partial charge in [0, 0.05) is 34.6 Å². The van der Waals surface area contributed by atoms with Gasteiger partial charge in [0.2, 0.25) is 0 Å². The third-order valence-corrected chi connectivity index (χ3v) is 10.6. The van der Waals surface area contributed by atoms with Crippen LogP contribution in [-0.4, -0.2) is 10.8 Å². The van der Waals surface area contributed by atoms with E-state index in [1.165, 1.54) is 49.2 Å². The summed E-state index contributed by atoms with van der Waals surface area (Å²) in [5.41, 5.74) is 11.4. The lowest BCUT2D eigenvalue weighted by Gasteiger charge is -2.24. The van der Waals surface area contributed by atoms with E-state index in [0.29, 0.717) is 0 Å². The highest BCUT2D eigenvalue weighted by Crippen LogP contribution is 2.37. The Morgan fingerprint density at radius 1 is 0.389 bits per heavy atom. The van der Waals surface area contributed by atoms with Crippen molar-refractivity contribution >= 4 is 43.9 Å². The molecule has 3 heteroatoms. The first-order chi connectivity index (χ1) is 26.7. The second kappa shape index (κ2) is 13.5. The molecule has 10 rings (SSSR count). The zero-order valence-electron chi connectivity index (χ0n) is 29.5. The van der Waals surface area contributed by atoms with E-state index >= 15 is 0 Å². The monoisotopic (exact) mass is 689 g/mol. The third kappa shape index (κ3) is 5.82. The molecule has 1 aromatic heterocycles. The molecule has 8 aromatic carbocycles. The Balaban J connectivity index is 1.03. The van der Waals surface area contributed by atoms with E-state index in [1.54, 1.807) is 0 Å². The van der Waals surface area contributed by atoms with Gasteiger partial charge in [0.1, 0.15) is 5.84 Å². The van der Waals surface area contributed by atoms with E-state index in [0.717, 1.165) is 44.7 Å². The van der Waals surface area contributed by atoms with Gasteiger partial charge in [-0.2, -0.15) is 0 Å². The standard InChI is InChI=1S/C51H35N3/c1-2-10-34(11-3-1)35-18-28-40(29-19-35)51-53-49(31-50(54-51)39-26-22-37(23-27-39)48-33-52-32-42-13-5-7-15-44(42)48)38-24-20-36(21-25-38)47-30-41-12-4-6-14-43(41)45-16-8-9-17-46(45)47/h1-33,49H,(H,53,54). The van der Waals surface area contributed by atoms with E-state index in [2.05, 4.69) is 198 Å². The minimum Gasteiger partial charge on any atom is -0.340 e. The largest absolute Gasteiger partial charge is 0.340 e. The molecular formula is C51H35N3. The Kier molecular flexibility index (Phi) is 7.88. The van der Waals surface area contributed by atoms with Crippen LogP contribution in [0.1, 0.15) is 22.7 Å². The number of benzene rings is 8. The average molecular weight is 690 g/mol. The number of hydrogen-bond donors (Lipinski definition) is 1. The van der Waals surface area contributed by atoms with Crippen LogP contribution < -0.4 is 5.32 Å². The first-order valence-electron chi connectivity index (χ1n) is 18.4. The Hall–Kier alpha value is -7.10. The molecule has 3 nitrogen and oxygen atoms in total.